The van der Waals surface area contributed by atoms with Crippen molar-refractivity contribution in [3.8, 4) is 0 Å². The average Bonchev–Trinajstić information content (AvgIpc) is 3.43. The normalized spacial score (nSPS) is 43.1. The molecule has 3 heterocycles. The van der Waals surface area contributed by atoms with Crippen LogP contribution in [-0.4, -0.2) is 190 Å². The predicted octanol–water partition coefficient (Wildman–Crippen LogP) is -6.56. The van der Waals surface area contributed by atoms with E-state index in [-0.39, 0.29) is 38.4 Å². The number of hydrogen-bond donors (Lipinski definition) is 14. The fraction of sp³-hybridized carbons (Fsp3) is 0.935. The SMILES string of the molecule is CCCCCC(=O)NC[C@H]1O[C@@H](O[C@@H]2[C@@H](O)[C@H](N)C[C@H](N)[C@H]2O[C@H]2O[C@H](CN)[C@@H](O)[C@H](O)[C@H]2N)[C@H](O)[C@@H]1O[C@H]1O[C@@H](CN)[C@@H](O)[C@H](O)[C@H]1N.O=C(O)C(F)(F)F. The lowest BCUT2D eigenvalue weighted by Crippen LogP contribution is -2.68. The van der Waals surface area contributed by atoms with Gasteiger partial charge in [-0.05, 0) is 12.8 Å². The molecule has 0 radical (unpaired) electrons. The van der Waals surface area contributed by atoms with E-state index >= 15 is 0 Å². The number of ether oxygens (including phenoxy) is 6. The summed E-state index contributed by atoms with van der Waals surface area (Å²) in [4.78, 5) is 21.5. The Morgan fingerprint density at radius 1 is 0.679 bits per heavy atom. The van der Waals surface area contributed by atoms with Crippen LogP contribution < -0.4 is 39.7 Å². The number of aliphatic hydroxyl groups is 6. The molecule has 0 unspecified atom stereocenters. The molecule has 328 valence electrons. The largest absolute Gasteiger partial charge is 0.490 e. The van der Waals surface area contributed by atoms with Crippen molar-refractivity contribution < 1.29 is 86.9 Å². The van der Waals surface area contributed by atoms with Crippen LogP contribution in [0.2, 0.25) is 0 Å². The van der Waals surface area contributed by atoms with Gasteiger partial charge in [-0.3, -0.25) is 4.79 Å². The maximum atomic E-state index is 12.6. The van der Waals surface area contributed by atoms with Gasteiger partial charge in [0.15, 0.2) is 18.9 Å². The Balaban J connectivity index is 0.00000109. The van der Waals surface area contributed by atoms with Gasteiger partial charge in [-0.2, -0.15) is 13.2 Å². The zero-order valence-electron chi connectivity index (χ0n) is 30.6. The lowest BCUT2D eigenvalue weighted by Gasteiger charge is -2.47. The monoisotopic (exact) mass is 825 g/mol. The number of aliphatic hydroxyl groups excluding tert-OH is 6. The van der Waals surface area contributed by atoms with Gasteiger partial charge in [-0.15, -0.1) is 0 Å². The van der Waals surface area contributed by atoms with Crippen molar-refractivity contribution in [3.63, 3.8) is 0 Å². The number of halogens is 3. The Morgan fingerprint density at radius 3 is 1.61 bits per heavy atom. The van der Waals surface area contributed by atoms with Crippen molar-refractivity contribution in [1.82, 2.24) is 5.32 Å². The second-order valence-electron chi connectivity index (χ2n) is 14.1. The van der Waals surface area contributed by atoms with Gasteiger partial charge in [0.2, 0.25) is 5.91 Å². The molecule has 0 aromatic carbocycles. The average molecular weight is 826 g/mol. The molecule has 25 heteroatoms. The highest BCUT2D eigenvalue weighted by Gasteiger charge is 2.54. The standard InChI is InChI=1S/C29H57N7O13.C2HF3O2/c1-2-3-4-5-15(37)36-9-14-25(48-28-17(35)22(42)20(40)13(8-31)45-28)23(43)29(46-14)49-26-18(38)10(32)6-11(33)24(26)47-27-16(34)21(41)19(39)12(7-30)44-27;3-2(4,5)1(6)7/h10-14,16-29,38-43H,2-9,30-35H2,1H3,(H,36,37);(H,6,7)/t10-,11+,12-,13+,14-,16-,17-,18+,19-,20-,21-,22-,23-,24-,25-,26-,27-,28-,29+;/m1./s1. The third kappa shape index (κ3) is 12.0. The van der Waals surface area contributed by atoms with Gasteiger partial charge in [-0.1, -0.05) is 19.8 Å². The van der Waals surface area contributed by atoms with Crippen LogP contribution in [0.5, 0.6) is 0 Å². The van der Waals surface area contributed by atoms with Gasteiger partial charge in [0.1, 0.15) is 67.1 Å². The van der Waals surface area contributed by atoms with Crippen LogP contribution in [0.1, 0.15) is 39.0 Å². The maximum absolute atomic E-state index is 12.6. The number of carboxylic acids is 1. The van der Waals surface area contributed by atoms with Gasteiger partial charge in [-0.25, -0.2) is 4.79 Å². The van der Waals surface area contributed by atoms with Gasteiger partial charge in [0.25, 0.3) is 0 Å². The molecule has 3 saturated heterocycles. The fourth-order valence-electron chi connectivity index (χ4n) is 6.60. The van der Waals surface area contributed by atoms with Crippen LogP contribution in [0, 0.1) is 0 Å². The number of alkyl halides is 3. The third-order valence-electron chi connectivity index (χ3n) is 9.94. The molecule has 1 aliphatic carbocycles. The second-order valence-corrected chi connectivity index (χ2v) is 14.1. The maximum Gasteiger partial charge on any atom is 0.490 e. The van der Waals surface area contributed by atoms with Crippen molar-refractivity contribution >= 4 is 11.9 Å². The molecule has 4 fully saturated rings. The highest BCUT2D eigenvalue weighted by Crippen LogP contribution is 2.34. The molecule has 22 nitrogen and oxygen atoms in total. The molecular formula is C31H58F3N7O15. The van der Waals surface area contributed by atoms with E-state index in [9.17, 15) is 48.6 Å². The molecular weight excluding hydrogens is 767 g/mol. The summed E-state index contributed by atoms with van der Waals surface area (Å²) in [6.45, 7) is 1.54. The third-order valence-corrected chi connectivity index (χ3v) is 9.94. The summed E-state index contributed by atoms with van der Waals surface area (Å²) in [5.74, 6) is -3.02. The Kier molecular flexibility index (Phi) is 18.4. The van der Waals surface area contributed by atoms with Crippen LogP contribution in [0.25, 0.3) is 0 Å². The van der Waals surface area contributed by atoms with E-state index in [0.717, 1.165) is 12.8 Å². The number of nitrogens with two attached hydrogens (primary N) is 6. The van der Waals surface area contributed by atoms with E-state index in [2.05, 4.69) is 5.32 Å². The Labute approximate surface area is 319 Å². The zero-order chi connectivity index (χ0) is 42.2. The van der Waals surface area contributed by atoms with Crippen LogP contribution in [0.15, 0.2) is 0 Å². The zero-order valence-corrected chi connectivity index (χ0v) is 30.6. The summed E-state index contributed by atoms with van der Waals surface area (Å²) in [5.41, 5.74) is 36.2. The number of aliphatic carboxylic acids is 1. The molecule has 4 rings (SSSR count). The fourth-order valence-corrected chi connectivity index (χ4v) is 6.60. The first-order valence-electron chi connectivity index (χ1n) is 18.2. The topological polar surface area (TPSA) is 399 Å². The number of hydrogen-bond acceptors (Lipinski definition) is 20. The summed E-state index contributed by atoms with van der Waals surface area (Å²) in [7, 11) is 0. The number of unbranched alkanes of at least 4 members (excludes halogenated alkanes) is 2. The smallest absolute Gasteiger partial charge is 0.475 e. The summed E-state index contributed by atoms with van der Waals surface area (Å²) in [6, 6.07) is -4.24. The number of amides is 1. The van der Waals surface area contributed by atoms with Crippen molar-refractivity contribution in [2.45, 2.75) is 161 Å². The Bertz CT molecular complexity index is 1240. The van der Waals surface area contributed by atoms with Crippen molar-refractivity contribution in [1.29, 1.82) is 0 Å². The van der Waals surface area contributed by atoms with Crippen LogP contribution >= 0.6 is 0 Å². The summed E-state index contributed by atoms with van der Waals surface area (Å²) in [6.07, 6.45) is -22.1. The molecule has 0 aromatic heterocycles. The van der Waals surface area contributed by atoms with Crippen molar-refractivity contribution in [3.05, 3.63) is 0 Å². The van der Waals surface area contributed by atoms with Gasteiger partial charge < -0.3 is 104 Å². The molecule has 19 atom stereocenters. The first kappa shape index (κ1) is 48.4. The minimum absolute atomic E-state index is 0.0824. The number of nitrogens with one attached hydrogen (secondary N) is 1. The molecule has 1 amide bonds. The van der Waals surface area contributed by atoms with E-state index in [1.807, 2.05) is 6.92 Å². The van der Waals surface area contributed by atoms with Gasteiger partial charge in [0.05, 0.1) is 18.2 Å². The molecule has 0 aromatic rings. The van der Waals surface area contributed by atoms with Crippen molar-refractivity contribution in [2.24, 2.45) is 34.4 Å². The summed E-state index contributed by atoms with van der Waals surface area (Å²) < 4.78 is 67.5. The van der Waals surface area contributed by atoms with E-state index in [1.54, 1.807) is 0 Å². The molecule has 20 N–H and O–H groups in total. The quantitative estimate of drug-likeness (QED) is 0.0724. The lowest BCUT2D eigenvalue weighted by atomic mass is 9.84. The summed E-state index contributed by atoms with van der Waals surface area (Å²) >= 11 is 0. The molecule has 1 saturated carbocycles. The molecule has 56 heavy (non-hydrogen) atoms. The number of carboxylic acid groups (broad SMARTS) is 1. The number of rotatable bonds is 14. The van der Waals surface area contributed by atoms with Gasteiger partial charge in [0, 0.05) is 38.1 Å². The molecule has 0 spiro atoms. The van der Waals surface area contributed by atoms with Crippen LogP contribution in [0.4, 0.5) is 13.2 Å². The first-order valence-corrected chi connectivity index (χ1v) is 18.2. The Morgan fingerprint density at radius 2 is 1.14 bits per heavy atom. The molecule has 3 aliphatic heterocycles. The van der Waals surface area contributed by atoms with Crippen LogP contribution in [0.3, 0.4) is 0 Å². The highest BCUT2D eigenvalue weighted by atomic mass is 19.4. The van der Waals surface area contributed by atoms with E-state index < -0.39 is 128 Å². The van der Waals surface area contributed by atoms with Gasteiger partial charge >= 0.3 is 12.1 Å². The molecule has 0 bridgehead atoms. The van der Waals surface area contributed by atoms with Crippen molar-refractivity contribution in [2.75, 3.05) is 19.6 Å². The van der Waals surface area contributed by atoms with E-state index in [0.29, 0.717) is 6.42 Å². The highest BCUT2D eigenvalue weighted by molar-refractivity contribution is 5.75. The number of carbonyl (C=O) groups excluding carboxylic acids is 1. The first-order chi connectivity index (χ1) is 26.2. The summed E-state index contributed by atoms with van der Waals surface area (Å²) in [5, 5.41) is 74.2. The minimum atomic E-state index is -5.08. The van der Waals surface area contributed by atoms with E-state index in [1.165, 1.54) is 0 Å². The second kappa shape index (κ2) is 21.3. The number of carbonyl (C=O) groups is 2. The lowest BCUT2D eigenvalue weighted by molar-refractivity contribution is -0.306. The predicted molar refractivity (Wildman–Crippen MR) is 182 cm³/mol. The molecule has 4 aliphatic rings. The minimum Gasteiger partial charge on any atom is -0.475 e. The van der Waals surface area contributed by atoms with E-state index in [4.69, 9.17) is 72.7 Å². The Hall–Kier alpha value is -1.99. The van der Waals surface area contributed by atoms with Crippen LogP contribution in [-0.2, 0) is 38.0 Å².